The van der Waals surface area contributed by atoms with Crippen molar-refractivity contribution in [3.05, 3.63) is 0 Å². The lowest BCUT2D eigenvalue weighted by Crippen LogP contribution is -2.40. The van der Waals surface area contributed by atoms with Gasteiger partial charge in [-0.1, -0.05) is 5.92 Å². The number of nitrogens with zero attached hydrogens (tertiary/aromatic N) is 1. The van der Waals surface area contributed by atoms with E-state index in [-0.39, 0.29) is 6.04 Å². The van der Waals surface area contributed by atoms with Crippen molar-refractivity contribution in [3.63, 3.8) is 0 Å². The van der Waals surface area contributed by atoms with Crippen LogP contribution in [0.1, 0.15) is 19.8 Å². The third kappa shape index (κ3) is 1.74. The highest BCUT2D eigenvalue weighted by Crippen LogP contribution is 2.18. The lowest BCUT2D eigenvalue weighted by Gasteiger charge is -2.26. The Morgan fingerprint density at radius 1 is 1.82 bits per heavy atom. The van der Waals surface area contributed by atoms with Crippen molar-refractivity contribution in [1.29, 1.82) is 0 Å². The van der Waals surface area contributed by atoms with E-state index in [2.05, 4.69) is 17.7 Å². The van der Waals surface area contributed by atoms with Gasteiger partial charge in [0.05, 0.1) is 6.04 Å². The number of hydrogen-bond acceptors (Lipinski definition) is 2. The van der Waals surface area contributed by atoms with Crippen LogP contribution in [-0.2, 0) is 0 Å². The largest absolute Gasteiger partial charge is 0.329 e. The van der Waals surface area contributed by atoms with Crippen LogP contribution in [0.5, 0.6) is 0 Å². The molecule has 1 fully saturated rings. The minimum absolute atomic E-state index is 0.256. The van der Waals surface area contributed by atoms with E-state index in [4.69, 9.17) is 12.2 Å². The van der Waals surface area contributed by atoms with Crippen molar-refractivity contribution >= 4 is 0 Å². The van der Waals surface area contributed by atoms with E-state index in [1.54, 1.807) is 0 Å². The molecule has 0 aromatic heterocycles. The lowest BCUT2D eigenvalue weighted by atomic mass is 10.2. The summed E-state index contributed by atoms with van der Waals surface area (Å²) in [5, 5.41) is 0. The molecule has 0 bridgehead atoms. The van der Waals surface area contributed by atoms with Gasteiger partial charge in [-0.3, -0.25) is 4.90 Å². The van der Waals surface area contributed by atoms with Gasteiger partial charge < -0.3 is 5.73 Å². The molecule has 1 heterocycles. The Morgan fingerprint density at radius 2 is 2.55 bits per heavy atom. The Bertz CT molecular complexity index is 159. The maximum Gasteiger partial charge on any atom is 0.0686 e. The van der Waals surface area contributed by atoms with Gasteiger partial charge in [0.25, 0.3) is 0 Å². The second-order valence-electron chi connectivity index (χ2n) is 3.11. The zero-order valence-corrected chi connectivity index (χ0v) is 7.09. The normalized spacial score (nSPS) is 28.3. The molecule has 1 saturated heterocycles. The number of terminal acetylenes is 1. The van der Waals surface area contributed by atoms with Gasteiger partial charge in [0.15, 0.2) is 0 Å². The summed E-state index contributed by atoms with van der Waals surface area (Å²) in [6.07, 6.45) is 7.79. The maximum atomic E-state index is 5.61. The Balaban J connectivity index is 2.50. The topological polar surface area (TPSA) is 29.3 Å². The molecule has 0 radical (unpaired) electrons. The van der Waals surface area contributed by atoms with Crippen LogP contribution in [0.25, 0.3) is 0 Å². The molecule has 2 atom stereocenters. The first kappa shape index (κ1) is 8.58. The number of hydrogen-bond donors (Lipinski definition) is 1. The molecule has 2 heteroatoms. The molecule has 0 aromatic rings. The van der Waals surface area contributed by atoms with Crippen LogP contribution in [0, 0.1) is 12.3 Å². The van der Waals surface area contributed by atoms with Crippen molar-refractivity contribution in [3.8, 4) is 12.3 Å². The fourth-order valence-electron chi connectivity index (χ4n) is 1.72. The molecule has 0 spiro atoms. The number of likely N-dealkylation sites (tertiary alicyclic amines) is 1. The average molecular weight is 152 g/mol. The molecular weight excluding hydrogens is 136 g/mol. The predicted octanol–water partition coefficient (Wildman–Crippen LogP) is 0.431. The second-order valence-corrected chi connectivity index (χ2v) is 3.11. The standard InChI is InChI=1S/C9H16N2/c1-3-8(2)11-6-4-5-9(11)7-10/h1,8-9H,4-7,10H2,2H3. The lowest BCUT2D eigenvalue weighted by molar-refractivity contribution is 0.233. The van der Waals surface area contributed by atoms with Crippen LogP contribution in [0.2, 0.25) is 0 Å². The van der Waals surface area contributed by atoms with Gasteiger partial charge in [-0.05, 0) is 26.3 Å². The molecule has 2 unspecified atom stereocenters. The van der Waals surface area contributed by atoms with Crippen molar-refractivity contribution < 1.29 is 0 Å². The highest BCUT2D eigenvalue weighted by Gasteiger charge is 2.25. The van der Waals surface area contributed by atoms with Gasteiger partial charge in [-0.25, -0.2) is 0 Å². The summed E-state index contributed by atoms with van der Waals surface area (Å²) < 4.78 is 0. The summed E-state index contributed by atoms with van der Waals surface area (Å²) in [6, 6.07) is 0.784. The molecule has 1 aliphatic heterocycles. The third-order valence-corrected chi connectivity index (χ3v) is 2.43. The van der Waals surface area contributed by atoms with Crippen molar-refractivity contribution in [2.24, 2.45) is 5.73 Å². The minimum Gasteiger partial charge on any atom is -0.329 e. The Labute approximate surface area is 68.8 Å². The first-order valence-corrected chi connectivity index (χ1v) is 4.21. The Kier molecular flexibility index (Phi) is 2.92. The molecule has 2 N–H and O–H groups in total. The molecule has 0 amide bonds. The second kappa shape index (κ2) is 3.75. The van der Waals surface area contributed by atoms with Crippen LogP contribution in [0.4, 0.5) is 0 Å². The van der Waals surface area contributed by atoms with E-state index in [9.17, 15) is 0 Å². The van der Waals surface area contributed by atoms with Crippen LogP contribution in [0.3, 0.4) is 0 Å². The van der Waals surface area contributed by atoms with Gasteiger partial charge in [0.2, 0.25) is 0 Å². The first-order chi connectivity index (χ1) is 5.29. The maximum absolute atomic E-state index is 5.61. The van der Waals surface area contributed by atoms with Crippen molar-refractivity contribution in [1.82, 2.24) is 4.90 Å². The molecule has 0 aliphatic carbocycles. The monoisotopic (exact) mass is 152 g/mol. The smallest absolute Gasteiger partial charge is 0.0686 e. The molecule has 11 heavy (non-hydrogen) atoms. The summed E-state index contributed by atoms with van der Waals surface area (Å²) in [6.45, 7) is 3.92. The average Bonchev–Trinajstić information content (AvgIpc) is 2.50. The van der Waals surface area contributed by atoms with E-state index in [1.165, 1.54) is 12.8 Å². The SMILES string of the molecule is C#CC(C)N1CCCC1CN. The molecule has 2 nitrogen and oxygen atoms in total. The fourth-order valence-corrected chi connectivity index (χ4v) is 1.72. The summed E-state index contributed by atoms with van der Waals surface area (Å²) in [5.74, 6) is 2.74. The summed E-state index contributed by atoms with van der Waals surface area (Å²) in [5.41, 5.74) is 5.61. The quantitative estimate of drug-likeness (QED) is 0.581. The fraction of sp³-hybridized carbons (Fsp3) is 0.778. The zero-order valence-electron chi connectivity index (χ0n) is 7.09. The Hall–Kier alpha value is -0.520. The van der Waals surface area contributed by atoms with Crippen LogP contribution >= 0.6 is 0 Å². The molecule has 0 saturated carbocycles. The molecule has 1 rings (SSSR count). The summed E-state index contributed by atoms with van der Waals surface area (Å²) in [4.78, 5) is 2.32. The summed E-state index contributed by atoms with van der Waals surface area (Å²) >= 11 is 0. The van der Waals surface area contributed by atoms with E-state index in [1.807, 2.05) is 0 Å². The third-order valence-electron chi connectivity index (χ3n) is 2.43. The van der Waals surface area contributed by atoms with E-state index in [0.717, 1.165) is 13.1 Å². The van der Waals surface area contributed by atoms with Gasteiger partial charge >= 0.3 is 0 Å². The minimum atomic E-state index is 0.256. The van der Waals surface area contributed by atoms with E-state index >= 15 is 0 Å². The van der Waals surface area contributed by atoms with Crippen LogP contribution in [0.15, 0.2) is 0 Å². The highest BCUT2D eigenvalue weighted by molar-refractivity contribution is 5.00. The highest BCUT2D eigenvalue weighted by atomic mass is 15.2. The first-order valence-electron chi connectivity index (χ1n) is 4.21. The molecular formula is C9H16N2. The van der Waals surface area contributed by atoms with Gasteiger partial charge in [0.1, 0.15) is 0 Å². The van der Waals surface area contributed by atoms with Crippen LogP contribution < -0.4 is 5.73 Å². The predicted molar refractivity (Wildman–Crippen MR) is 47.1 cm³/mol. The van der Waals surface area contributed by atoms with Crippen LogP contribution in [-0.4, -0.2) is 30.1 Å². The zero-order chi connectivity index (χ0) is 8.27. The molecule has 1 aliphatic rings. The summed E-state index contributed by atoms with van der Waals surface area (Å²) in [7, 11) is 0. The molecule has 0 aromatic carbocycles. The Morgan fingerprint density at radius 3 is 3.09 bits per heavy atom. The van der Waals surface area contributed by atoms with Crippen molar-refractivity contribution in [2.45, 2.75) is 31.8 Å². The van der Waals surface area contributed by atoms with Gasteiger partial charge in [-0.2, -0.15) is 0 Å². The van der Waals surface area contributed by atoms with Gasteiger partial charge in [0, 0.05) is 12.6 Å². The van der Waals surface area contributed by atoms with Gasteiger partial charge in [-0.15, -0.1) is 6.42 Å². The van der Waals surface area contributed by atoms with E-state index in [0.29, 0.717) is 6.04 Å². The number of nitrogens with two attached hydrogens (primary N) is 1. The molecule has 62 valence electrons. The number of rotatable bonds is 2. The van der Waals surface area contributed by atoms with E-state index < -0.39 is 0 Å². The van der Waals surface area contributed by atoms with Crippen molar-refractivity contribution in [2.75, 3.05) is 13.1 Å².